The average molecular weight is 199 g/mol. The highest BCUT2D eigenvalue weighted by Gasteiger charge is 2.36. The van der Waals surface area contributed by atoms with Gasteiger partial charge in [0.05, 0.1) is 6.61 Å². The third-order valence-electron chi connectivity index (χ3n) is 2.84. The summed E-state index contributed by atoms with van der Waals surface area (Å²) in [6, 6.07) is 0. The lowest BCUT2D eigenvalue weighted by molar-refractivity contribution is -0.143. The summed E-state index contributed by atoms with van der Waals surface area (Å²) in [6.07, 6.45) is 4.30. The van der Waals surface area contributed by atoms with Gasteiger partial charge in [0.15, 0.2) is 0 Å². The van der Waals surface area contributed by atoms with Crippen molar-refractivity contribution in [2.45, 2.75) is 46.5 Å². The monoisotopic (exact) mass is 199 g/mol. The highest BCUT2D eigenvalue weighted by molar-refractivity contribution is 5.81. The number of nitrogens with one attached hydrogen (secondary N) is 1. The highest BCUT2D eigenvalue weighted by Crippen LogP contribution is 2.37. The van der Waals surface area contributed by atoms with Gasteiger partial charge >= 0.3 is 0 Å². The van der Waals surface area contributed by atoms with Crippen molar-refractivity contribution in [1.82, 2.24) is 5.48 Å². The first-order valence-corrected chi connectivity index (χ1v) is 5.47. The summed E-state index contributed by atoms with van der Waals surface area (Å²) in [5.41, 5.74) is 2.37. The molecule has 0 aliphatic heterocycles. The lowest BCUT2D eigenvalue weighted by Gasteiger charge is -2.21. The maximum atomic E-state index is 11.7. The topological polar surface area (TPSA) is 38.3 Å². The molecule has 3 nitrogen and oxygen atoms in total. The Bertz CT molecular complexity index is 195. The van der Waals surface area contributed by atoms with E-state index >= 15 is 0 Å². The first-order chi connectivity index (χ1) is 6.54. The van der Waals surface area contributed by atoms with Gasteiger partial charge in [0, 0.05) is 5.41 Å². The smallest absolute Gasteiger partial charge is 0.249 e. The van der Waals surface area contributed by atoms with Crippen LogP contribution in [0.3, 0.4) is 0 Å². The Morgan fingerprint density at radius 3 is 2.50 bits per heavy atom. The second kappa shape index (κ2) is 4.78. The molecule has 3 heteroatoms. The molecule has 0 aromatic carbocycles. The second-order valence-corrected chi connectivity index (χ2v) is 4.90. The Morgan fingerprint density at radius 2 is 2.00 bits per heavy atom. The van der Waals surface area contributed by atoms with E-state index < -0.39 is 0 Å². The van der Waals surface area contributed by atoms with Gasteiger partial charge in [-0.2, -0.15) is 0 Å². The molecule has 1 N–H and O–H groups in total. The van der Waals surface area contributed by atoms with E-state index in [0.29, 0.717) is 12.5 Å². The zero-order valence-electron chi connectivity index (χ0n) is 9.43. The minimum Gasteiger partial charge on any atom is -0.273 e. The fourth-order valence-corrected chi connectivity index (χ4v) is 1.78. The zero-order valence-corrected chi connectivity index (χ0v) is 9.43. The minimum atomic E-state index is -0.184. The molecule has 0 radical (unpaired) electrons. The molecule has 0 aromatic heterocycles. The van der Waals surface area contributed by atoms with Gasteiger partial charge in [0.2, 0.25) is 5.91 Å². The molecule has 0 heterocycles. The number of hydrogen-bond acceptors (Lipinski definition) is 2. The van der Waals surface area contributed by atoms with Crippen molar-refractivity contribution in [3.05, 3.63) is 0 Å². The molecule has 0 spiro atoms. The first kappa shape index (κ1) is 11.5. The Balaban J connectivity index is 2.27. The van der Waals surface area contributed by atoms with E-state index in [0.717, 1.165) is 25.7 Å². The fourth-order valence-electron chi connectivity index (χ4n) is 1.78. The first-order valence-electron chi connectivity index (χ1n) is 5.47. The molecule has 1 aliphatic rings. The Hall–Kier alpha value is -0.570. The quantitative estimate of drug-likeness (QED) is 0.705. The number of carbonyl (C=O) groups excluding carboxylic acids is 1. The average Bonchev–Trinajstić information content (AvgIpc) is 2.52. The van der Waals surface area contributed by atoms with Crippen molar-refractivity contribution in [3.8, 4) is 0 Å². The van der Waals surface area contributed by atoms with Crippen LogP contribution < -0.4 is 5.48 Å². The van der Waals surface area contributed by atoms with Crippen LogP contribution in [0, 0.1) is 11.3 Å². The Morgan fingerprint density at radius 1 is 1.43 bits per heavy atom. The summed E-state index contributed by atoms with van der Waals surface area (Å²) >= 11 is 0. The van der Waals surface area contributed by atoms with Crippen molar-refractivity contribution < 1.29 is 9.63 Å². The van der Waals surface area contributed by atoms with Gasteiger partial charge in [-0.3, -0.25) is 9.63 Å². The van der Waals surface area contributed by atoms with Gasteiger partial charge in [-0.1, -0.05) is 33.6 Å². The third-order valence-corrected chi connectivity index (χ3v) is 2.84. The molecule has 0 aromatic rings. The van der Waals surface area contributed by atoms with Gasteiger partial charge in [-0.05, 0) is 18.8 Å². The van der Waals surface area contributed by atoms with Gasteiger partial charge in [0.25, 0.3) is 0 Å². The summed E-state index contributed by atoms with van der Waals surface area (Å²) in [5.74, 6) is 0.502. The van der Waals surface area contributed by atoms with Gasteiger partial charge < -0.3 is 0 Å². The summed E-state index contributed by atoms with van der Waals surface area (Å²) in [7, 11) is 0. The van der Waals surface area contributed by atoms with Crippen LogP contribution in [0.1, 0.15) is 46.5 Å². The Labute approximate surface area is 86.2 Å². The van der Waals surface area contributed by atoms with Crippen LogP contribution >= 0.6 is 0 Å². The van der Waals surface area contributed by atoms with E-state index in [2.05, 4.69) is 19.3 Å². The second-order valence-electron chi connectivity index (χ2n) is 4.90. The SMILES string of the molecule is CC(C)CONC(=O)C1(C)CCCC1. The standard InChI is InChI=1S/C11H21NO2/c1-9(2)8-14-12-10(13)11(3)6-4-5-7-11/h9H,4-8H2,1-3H3,(H,12,13). The van der Waals surface area contributed by atoms with Crippen LogP contribution in [0.15, 0.2) is 0 Å². The molecule has 0 bridgehead atoms. The zero-order chi connectivity index (χ0) is 10.6. The summed E-state index contributed by atoms with van der Waals surface area (Å²) < 4.78 is 0. The molecule has 1 rings (SSSR count). The van der Waals surface area contributed by atoms with Crippen molar-refractivity contribution in [3.63, 3.8) is 0 Å². The molecular weight excluding hydrogens is 178 g/mol. The number of hydroxylamine groups is 1. The fraction of sp³-hybridized carbons (Fsp3) is 0.909. The number of carbonyl (C=O) groups is 1. The van der Waals surface area contributed by atoms with Crippen LogP contribution in [0.4, 0.5) is 0 Å². The third kappa shape index (κ3) is 2.98. The summed E-state index contributed by atoms with van der Waals surface area (Å²) in [4.78, 5) is 16.8. The predicted octanol–water partition coefficient (Wildman–Crippen LogP) is 2.27. The highest BCUT2D eigenvalue weighted by atomic mass is 16.7. The van der Waals surface area contributed by atoms with E-state index in [1.807, 2.05) is 6.92 Å². The normalized spacial score (nSPS) is 20.0. The molecule has 0 unspecified atom stereocenters. The minimum absolute atomic E-state index is 0.0515. The lowest BCUT2D eigenvalue weighted by atomic mass is 9.88. The molecule has 0 saturated heterocycles. The van der Waals surface area contributed by atoms with Crippen molar-refractivity contribution >= 4 is 5.91 Å². The predicted molar refractivity (Wildman–Crippen MR) is 55.5 cm³/mol. The maximum absolute atomic E-state index is 11.7. The molecular formula is C11H21NO2. The van der Waals surface area contributed by atoms with E-state index in [-0.39, 0.29) is 11.3 Å². The molecule has 1 aliphatic carbocycles. The number of amides is 1. The van der Waals surface area contributed by atoms with Crippen molar-refractivity contribution in [2.75, 3.05) is 6.61 Å². The maximum Gasteiger partial charge on any atom is 0.249 e. The van der Waals surface area contributed by atoms with Crippen LogP contribution in [0.5, 0.6) is 0 Å². The molecule has 1 saturated carbocycles. The van der Waals surface area contributed by atoms with Crippen molar-refractivity contribution in [2.24, 2.45) is 11.3 Å². The van der Waals surface area contributed by atoms with Gasteiger partial charge in [-0.15, -0.1) is 0 Å². The van der Waals surface area contributed by atoms with Gasteiger partial charge in [0.1, 0.15) is 0 Å². The van der Waals surface area contributed by atoms with Gasteiger partial charge in [-0.25, -0.2) is 5.48 Å². The van der Waals surface area contributed by atoms with E-state index in [9.17, 15) is 4.79 Å². The molecule has 0 atom stereocenters. The van der Waals surface area contributed by atoms with Crippen LogP contribution in [0.25, 0.3) is 0 Å². The molecule has 1 amide bonds. The molecule has 1 fully saturated rings. The number of rotatable bonds is 4. The molecule has 14 heavy (non-hydrogen) atoms. The molecule has 82 valence electrons. The van der Waals surface area contributed by atoms with Crippen LogP contribution in [-0.4, -0.2) is 12.5 Å². The Kier molecular flexibility index (Phi) is 3.93. The lowest BCUT2D eigenvalue weighted by Crippen LogP contribution is -2.37. The van der Waals surface area contributed by atoms with E-state index in [4.69, 9.17) is 4.84 Å². The summed E-state index contributed by atoms with van der Waals surface area (Å²) in [5, 5.41) is 0. The van der Waals surface area contributed by atoms with Crippen LogP contribution in [0.2, 0.25) is 0 Å². The number of hydrogen-bond donors (Lipinski definition) is 1. The van der Waals surface area contributed by atoms with E-state index in [1.54, 1.807) is 0 Å². The van der Waals surface area contributed by atoms with Crippen molar-refractivity contribution in [1.29, 1.82) is 0 Å². The summed E-state index contributed by atoms with van der Waals surface area (Å²) in [6.45, 7) is 6.72. The largest absolute Gasteiger partial charge is 0.273 e. The van der Waals surface area contributed by atoms with Crippen LogP contribution in [-0.2, 0) is 9.63 Å². The van der Waals surface area contributed by atoms with E-state index in [1.165, 1.54) is 0 Å².